The van der Waals surface area contributed by atoms with E-state index in [0.717, 1.165) is 17.0 Å². The van der Waals surface area contributed by atoms with Crippen molar-refractivity contribution in [2.45, 2.75) is 17.6 Å². The first-order valence-corrected chi connectivity index (χ1v) is 6.61. The molecule has 0 bridgehead atoms. The highest BCUT2D eigenvalue weighted by Gasteiger charge is 2.04. The van der Waals surface area contributed by atoms with Crippen molar-refractivity contribution in [1.29, 1.82) is 0 Å². The van der Waals surface area contributed by atoms with E-state index in [2.05, 4.69) is 11.9 Å². The number of hydrogen-bond donors (Lipinski definition) is 1. The van der Waals surface area contributed by atoms with Gasteiger partial charge in [0.25, 0.3) is 0 Å². The van der Waals surface area contributed by atoms with Crippen molar-refractivity contribution in [3.05, 3.63) is 52.8 Å². The minimum Gasteiger partial charge on any atom is -0.399 e. The molecule has 4 heteroatoms. The van der Waals surface area contributed by atoms with Crippen LogP contribution in [0.15, 0.2) is 41.4 Å². The van der Waals surface area contributed by atoms with Crippen LogP contribution >= 0.6 is 23.4 Å². The molecule has 0 radical (unpaired) electrons. The van der Waals surface area contributed by atoms with Crippen molar-refractivity contribution in [2.24, 2.45) is 0 Å². The Balaban J connectivity index is 2.12. The molecule has 0 aliphatic carbocycles. The number of thioether (sulfide) groups is 1. The van der Waals surface area contributed by atoms with Crippen molar-refractivity contribution >= 4 is 29.1 Å². The molecule has 2 rings (SSSR count). The molecule has 0 atom stereocenters. The number of aromatic nitrogens is 1. The van der Waals surface area contributed by atoms with E-state index >= 15 is 0 Å². The van der Waals surface area contributed by atoms with Crippen LogP contribution in [0.4, 0.5) is 5.69 Å². The molecule has 17 heavy (non-hydrogen) atoms. The lowest BCUT2D eigenvalue weighted by molar-refractivity contribution is 1.24. The highest BCUT2D eigenvalue weighted by atomic mass is 35.5. The van der Waals surface area contributed by atoms with E-state index in [0.29, 0.717) is 5.15 Å². The lowest BCUT2D eigenvalue weighted by Crippen LogP contribution is -1.89. The van der Waals surface area contributed by atoms with Crippen LogP contribution in [0, 0.1) is 6.92 Å². The number of halogens is 1. The third-order valence-corrected chi connectivity index (χ3v) is 3.98. The molecule has 0 aliphatic heterocycles. The summed E-state index contributed by atoms with van der Waals surface area (Å²) in [4.78, 5) is 5.24. The Morgan fingerprint density at radius 1 is 1.35 bits per heavy atom. The molecular formula is C13H13ClN2S. The Kier molecular flexibility index (Phi) is 3.92. The standard InChI is InChI=1S/C13H13ClN2S/c1-9-4-5-11(15)7-12(9)17-8-10-3-2-6-16-13(10)14/h2-7H,8,15H2,1H3. The fourth-order valence-electron chi connectivity index (χ4n) is 1.45. The first-order valence-electron chi connectivity index (χ1n) is 5.25. The lowest BCUT2D eigenvalue weighted by Gasteiger charge is -2.07. The van der Waals surface area contributed by atoms with Crippen LogP contribution in [0.5, 0.6) is 0 Å². The van der Waals surface area contributed by atoms with Gasteiger partial charge in [-0.15, -0.1) is 11.8 Å². The highest BCUT2D eigenvalue weighted by molar-refractivity contribution is 7.98. The molecular weight excluding hydrogens is 252 g/mol. The second-order valence-corrected chi connectivity index (χ2v) is 5.14. The predicted octanol–water partition coefficient (Wildman–Crippen LogP) is 3.92. The highest BCUT2D eigenvalue weighted by Crippen LogP contribution is 2.29. The molecule has 0 saturated heterocycles. The number of pyridine rings is 1. The monoisotopic (exact) mass is 264 g/mol. The Morgan fingerprint density at radius 2 is 2.18 bits per heavy atom. The summed E-state index contributed by atoms with van der Waals surface area (Å²) in [6.45, 7) is 2.08. The average molecular weight is 265 g/mol. The van der Waals surface area contributed by atoms with Crippen molar-refractivity contribution in [2.75, 3.05) is 5.73 Å². The summed E-state index contributed by atoms with van der Waals surface area (Å²) in [6, 6.07) is 9.82. The number of nitrogens with two attached hydrogens (primary N) is 1. The number of benzene rings is 1. The van der Waals surface area contributed by atoms with Gasteiger partial charge in [0, 0.05) is 22.5 Å². The summed E-state index contributed by atoms with van der Waals surface area (Å²) >= 11 is 7.74. The maximum atomic E-state index is 6.01. The van der Waals surface area contributed by atoms with Crippen molar-refractivity contribution in [1.82, 2.24) is 4.98 Å². The molecule has 0 fully saturated rings. The van der Waals surface area contributed by atoms with Gasteiger partial charge in [0.1, 0.15) is 5.15 Å². The number of rotatable bonds is 3. The van der Waals surface area contributed by atoms with E-state index in [-0.39, 0.29) is 0 Å². The summed E-state index contributed by atoms with van der Waals surface area (Å²) in [5.41, 5.74) is 8.83. The molecule has 88 valence electrons. The second kappa shape index (κ2) is 5.43. The zero-order chi connectivity index (χ0) is 12.3. The first-order chi connectivity index (χ1) is 8.16. The molecule has 1 aromatic heterocycles. The van der Waals surface area contributed by atoms with E-state index in [1.54, 1.807) is 18.0 Å². The molecule has 1 aromatic carbocycles. The van der Waals surface area contributed by atoms with Gasteiger partial charge in [-0.2, -0.15) is 0 Å². The normalized spacial score (nSPS) is 10.5. The summed E-state index contributed by atoms with van der Waals surface area (Å²) in [6.07, 6.45) is 1.70. The number of anilines is 1. The zero-order valence-electron chi connectivity index (χ0n) is 9.48. The van der Waals surface area contributed by atoms with Gasteiger partial charge < -0.3 is 5.73 Å². The Bertz CT molecular complexity index is 529. The first kappa shape index (κ1) is 12.3. The SMILES string of the molecule is Cc1ccc(N)cc1SCc1cccnc1Cl. The van der Waals surface area contributed by atoms with Crippen LogP contribution in [0.1, 0.15) is 11.1 Å². The fourth-order valence-corrected chi connectivity index (χ4v) is 2.78. The van der Waals surface area contributed by atoms with E-state index in [1.807, 2.05) is 30.3 Å². The summed E-state index contributed by atoms with van der Waals surface area (Å²) in [5, 5.41) is 0.571. The Morgan fingerprint density at radius 3 is 2.94 bits per heavy atom. The van der Waals surface area contributed by atoms with Crippen LogP contribution in [0.2, 0.25) is 5.15 Å². The molecule has 2 aromatic rings. The quantitative estimate of drug-likeness (QED) is 0.519. The summed E-state index contributed by atoms with van der Waals surface area (Å²) < 4.78 is 0. The van der Waals surface area contributed by atoms with Gasteiger partial charge in [-0.1, -0.05) is 23.7 Å². The van der Waals surface area contributed by atoms with Crippen LogP contribution in [0.25, 0.3) is 0 Å². The van der Waals surface area contributed by atoms with E-state index in [1.165, 1.54) is 10.5 Å². The molecule has 0 aliphatic rings. The van der Waals surface area contributed by atoms with E-state index < -0.39 is 0 Å². The van der Waals surface area contributed by atoms with Gasteiger partial charge in [0.2, 0.25) is 0 Å². The maximum Gasteiger partial charge on any atom is 0.133 e. The molecule has 2 N–H and O–H groups in total. The summed E-state index contributed by atoms with van der Waals surface area (Å²) in [5.74, 6) is 0.803. The molecule has 1 heterocycles. The van der Waals surface area contributed by atoms with Gasteiger partial charge in [0.05, 0.1) is 0 Å². The van der Waals surface area contributed by atoms with E-state index in [4.69, 9.17) is 17.3 Å². The Hall–Kier alpha value is -1.19. The lowest BCUT2D eigenvalue weighted by atomic mass is 10.2. The van der Waals surface area contributed by atoms with Gasteiger partial charge in [-0.05, 0) is 36.2 Å². The molecule has 2 nitrogen and oxygen atoms in total. The smallest absolute Gasteiger partial charge is 0.133 e. The number of hydrogen-bond acceptors (Lipinski definition) is 3. The van der Waals surface area contributed by atoms with Crippen molar-refractivity contribution < 1.29 is 0 Å². The topological polar surface area (TPSA) is 38.9 Å². The van der Waals surface area contributed by atoms with Crippen molar-refractivity contribution in [3.63, 3.8) is 0 Å². The maximum absolute atomic E-state index is 6.01. The van der Waals surface area contributed by atoms with Crippen LogP contribution < -0.4 is 5.73 Å². The van der Waals surface area contributed by atoms with Crippen molar-refractivity contribution in [3.8, 4) is 0 Å². The van der Waals surface area contributed by atoms with Crippen LogP contribution in [0.3, 0.4) is 0 Å². The number of nitrogen functional groups attached to an aromatic ring is 1. The van der Waals surface area contributed by atoms with Gasteiger partial charge >= 0.3 is 0 Å². The molecule has 0 unspecified atom stereocenters. The number of aryl methyl sites for hydroxylation is 1. The minimum absolute atomic E-state index is 0.571. The molecule has 0 amide bonds. The van der Waals surface area contributed by atoms with Gasteiger partial charge in [-0.25, -0.2) is 4.98 Å². The summed E-state index contributed by atoms with van der Waals surface area (Å²) in [7, 11) is 0. The Labute approximate surface area is 110 Å². The van der Waals surface area contributed by atoms with E-state index in [9.17, 15) is 0 Å². The van der Waals surface area contributed by atoms with Gasteiger partial charge in [0.15, 0.2) is 0 Å². The largest absolute Gasteiger partial charge is 0.399 e. The molecule has 0 spiro atoms. The number of nitrogens with zero attached hydrogens (tertiary/aromatic N) is 1. The third-order valence-electron chi connectivity index (χ3n) is 2.43. The minimum atomic E-state index is 0.571. The fraction of sp³-hybridized carbons (Fsp3) is 0.154. The predicted molar refractivity (Wildman–Crippen MR) is 74.4 cm³/mol. The second-order valence-electron chi connectivity index (χ2n) is 3.77. The molecule has 0 saturated carbocycles. The van der Waals surface area contributed by atoms with Gasteiger partial charge in [-0.3, -0.25) is 0 Å². The average Bonchev–Trinajstić information content (AvgIpc) is 2.32. The van der Waals surface area contributed by atoms with Crippen LogP contribution in [-0.4, -0.2) is 4.98 Å². The van der Waals surface area contributed by atoms with Crippen LogP contribution in [-0.2, 0) is 5.75 Å². The third kappa shape index (κ3) is 3.14. The zero-order valence-corrected chi connectivity index (χ0v) is 11.1.